The summed E-state index contributed by atoms with van der Waals surface area (Å²) in [7, 11) is 0. The van der Waals surface area contributed by atoms with Crippen LogP contribution >= 0.6 is 0 Å². The third kappa shape index (κ3) is 2.22. The summed E-state index contributed by atoms with van der Waals surface area (Å²) in [6.45, 7) is 0.744. The maximum absolute atomic E-state index is 5.62. The van der Waals surface area contributed by atoms with Crippen LogP contribution in [0.4, 0.5) is 11.4 Å². The molecule has 0 aliphatic heterocycles. The van der Waals surface area contributed by atoms with Crippen LogP contribution in [0.25, 0.3) is 0 Å². The Morgan fingerprint density at radius 3 is 2.20 bits per heavy atom. The molecule has 1 aromatic carbocycles. The van der Waals surface area contributed by atoms with Crippen LogP contribution in [0.5, 0.6) is 0 Å². The molecule has 0 aliphatic carbocycles. The van der Waals surface area contributed by atoms with Gasteiger partial charge in [-0.05, 0) is 5.56 Å². The number of nitrogen functional groups attached to an aromatic ring is 2. The van der Waals surface area contributed by atoms with Gasteiger partial charge in [0.15, 0.2) is 0 Å². The van der Waals surface area contributed by atoms with Crippen molar-refractivity contribution in [3.05, 3.63) is 48.3 Å². The molecule has 1 heterocycles. The molecular weight excluding hydrogens is 188 g/mol. The number of rotatable bonds is 3. The quantitative estimate of drug-likeness (QED) is 0.704. The van der Waals surface area contributed by atoms with Gasteiger partial charge in [0.25, 0.3) is 0 Å². The third-order valence-corrected chi connectivity index (χ3v) is 2.20. The second-order valence-electron chi connectivity index (χ2n) is 3.40. The summed E-state index contributed by atoms with van der Waals surface area (Å²) < 4.78 is 1.78. The largest absolute Gasteiger partial charge is 0.396 e. The van der Waals surface area contributed by atoms with Crippen LogP contribution in [0, 0.1) is 0 Å². The van der Waals surface area contributed by atoms with E-state index in [1.54, 1.807) is 17.1 Å². The standard InChI is InChI=1S/C11H14N4/c12-10-7-15(8-11(10)13)14-6-9-4-2-1-3-5-9/h1-5,7-8,14H,6,12-13H2. The Morgan fingerprint density at radius 1 is 1.00 bits per heavy atom. The first-order valence-electron chi connectivity index (χ1n) is 4.76. The molecular formula is C11H14N4. The second kappa shape index (κ2) is 3.96. The molecule has 5 N–H and O–H groups in total. The predicted molar refractivity (Wildman–Crippen MR) is 62.8 cm³/mol. The molecule has 0 bridgehead atoms. The number of aromatic nitrogens is 1. The highest BCUT2D eigenvalue weighted by atomic mass is 15.4. The second-order valence-corrected chi connectivity index (χ2v) is 3.40. The van der Waals surface area contributed by atoms with Gasteiger partial charge in [-0.25, -0.2) is 0 Å². The minimum atomic E-state index is 0.593. The van der Waals surface area contributed by atoms with E-state index < -0.39 is 0 Å². The van der Waals surface area contributed by atoms with E-state index in [9.17, 15) is 0 Å². The molecule has 0 unspecified atom stereocenters. The zero-order valence-electron chi connectivity index (χ0n) is 8.35. The Kier molecular flexibility index (Phi) is 2.49. The van der Waals surface area contributed by atoms with E-state index in [1.807, 2.05) is 18.2 Å². The first-order valence-corrected chi connectivity index (χ1v) is 4.76. The molecule has 0 spiro atoms. The van der Waals surface area contributed by atoms with Crippen molar-refractivity contribution in [2.45, 2.75) is 6.54 Å². The first-order chi connectivity index (χ1) is 7.25. The van der Waals surface area contributed by atoms with Crippen molar-refractivity contribution >= 4 is 11.4 Å². The topological polar surface area (TPSA) is 69.0 Å². The van der Waals surface area contributed by atoms with Crippen molar-refractivity contribution in [1.29, 1.82) is 0 Å². The Labute approximate surface area is 88.5 Å². The van der Waals surface area contributed by atoms with E-state index in [1.165, 1.54) is 5.56 Å². The summed E-state index contributed by atoms with van der Waals surface area (Å²) in [6, 6.07) is 10.1. The van der Waals surface area contributed by atoms with Gasteiger partial charge in [-0.1, -0.05) is 30.3 Å². The van der Waals surface area contributed by atoms with Crippen molar-refractivity contribution in [3.8, 4) is 0 Å². The van der Waals surface area contributed by atoms with Gasteiger partial charge in [-0.3, -0.25) is 4.68 Å². The molecule has 2 rings (SSSR count). The van der Waals surface area contributed by atoms with Crippen LogP contribution in [0.2, 0.25) is 0 Å². The zero-order chi connectivity index (χ0) is 10.7. The summed E-state index contributed by atoms with van der Waals surface area (Å²) in [6.07, 6.45) is 3.52. The van der Waals surface area contributed by atoms with Crippen LogP contribution in [0.15, 0.2) is 42.7 Å². The lowest BCUT2D eigenvalue weighted by Crippen LogP contribution is -2.11. The molecule has 0 radical (unpaired) electrons. The zero-order valence-corrected chi connectivity index (χ0v) is 8.35. The van der Waals surface area contributed by atoms with Gasteiger partial charge in [0.1, 0.15) is 0 Å². The number of nitrogens with zero attached hydrogens (tertiary/aromatic N) is 1. The number of nitrogens with one attached hydrogen (secondary N) is 1. The Hall–Kier alpha value is -2.10. The van der Waals surface area contributed by atoms with Crippen molar-refractivity contribution < 1.29 is 0 Å². The van der Waals surface area contributed by atoms with E-state index >= 15 is 0 Å². The average Bonchev–Trinajstić information content (AvgIpc) is 2.57. The molecule has 2 aromatic rings. The van der Waals surface area contributed by atoms with Gasteiger partial charge < -0.3 is 16.9 Å². The normalized spacial score (nSPS) is 10.1. The van der Waals surface area contributed by atoms with Gasteiger partial charge in [0, 0.05) is 0 Å². The van der Waals surface area contributed by atoms with Crippen LogP contribution in [-0.4, -0.2) is 4.68 Å². The monoisotopic (exact) mass is 202 g/mol. The average molecular weight is 202 g/mol. The summed E-state index contributed by atoms with van der Waals surface area (Å²) in [5, 5.41) is 0. The maximum Gasteiger partial charge on any atom is 0.0749 e. The molecule has 0 atom stereocenters. The number of nitrogens with two attached hydrogens (primary N) is 2. The number of hydrogen-bond acceptors (Lipinski definition) is 3. The van der Waals surface area contributed by atoms with E-state index in [4.69, 9.17) is 11.5 Å². The lowest BCUT2D eigenvalue weighted by atomic mass is 10.2. The maximum atomic E-state index is 5.62. The van der Waals surface area contributed by atoms with Crippen LogP contribution in [0.3, 0.4) is 0 Å². The van der Waals surface area contributed by atoms with Crippen molar-refractivity contribution in [3.63, 3.8) is 0 Å². The molecule has 0 fully saturated rings. The minimum absolute atomic E-state index is 0.593. The van der Waals surface area contributed by atoms with Crippen LogP contribution in [-0.2, 0) is 6.54 Å². The minimum Gasteiger partial charge on any atom is -0.396 e. The Balaban J connectivity index is 1.99. The number of benzene rings is 1. The Bertz CT molecular complexity index is 414. The smallest absolute Gasteiger partial charge is 0.0749 e. The van der Waals surface area contributed by atoms with E-state index in [0.717, 1.165) is 6.54 Å². The summed E-state index contributed by atoms with van der Waals surface area (Å²) in [5.41, 5.74) is 16.8. The SMILES string of the molecule is Nc1cn(NCc2ccccc2)cc1N. The number of hydrogen-bond donors (Lipinski definition) is 3. The van der Waals surface area contributed by atoms with Crippen LogP contribution < -0.4 is 16.9 Å². The summed E-state index contributed by atoms with van der Waals surface area (Å²) in [5.74, 6) is 0. The van der Waals surface area contributed by atoms with Crippen LogP contribution in [0.1, 0.15) is 5.56 Å². The third-order valence-electron chi connectivity index (χ3n) is 2.20. The molecule has 4 heteroatoms. The van der Waals surface area contributed by atoms with Crippen molar-refractivity contribution in [2.75, 3.05) is 16.9 Å². The first kappa shape index (κ1) is 9.45. The van der Waals surface area contributed by atoms with Gasteiger partial charge in [0.2, 0.25) is 0 Å². The fraction of sp³-hybridized carbons (Fsp3) is 0.0909. The molecule has 4 nitrogen and oxygen atoms in total. The Morgan fingerprint density at radius 2 is 1.60 bits per heavy atom. The van der Waals surface area contributed by atoms with Crippen molar-refractivity contribution in [2.24, 2.45) is 0 Å². The van der Waals surface area contributed by atoms with E-state index in [2.05, 4.69) is 17.6 Å². The lowest BCUT2D eigenvalue weighted by Gasteiger charge is -2.06. The highest BCUT2D eigenvalue weighted by molar-refractivity contribution is 5.61. The highest BCUT2D eigenvalue weighted by Crippen LogP contribution is 2.13. The number of anilines is 2. The predicted octanol–water partition coefficient (Wildman–Crippen LogP) is 1.40. The van der Waals surface area contributed by atoms with Gasteiger partial charge in [0.05, 0.1) is 30.3 Å². The molecule has 78 valence electrons. The van der Waals surface area contributed by atoms with Gasteiger partial charge in [-0.15, -0.1) is 0 Å². The fourth-order valence-electron chi connectivity index (χ4n) is 1.36. The molecule has 0 aliphatic rings. The van der Waals surface area contributed by atoms with Crippen molar-refractivity contribution in [1.82, 2.24) is 4.68 Å². The molecule has 15 heavy (non-hydrogen) atoms. The molecule has 0 amide bonds. The molecule has 1 aromatic heterocycles. The highest BCUT2D eigenvalue weighted by Gasteiger charge is 1.98. The summed E-state index contributed by atoms with van der Waals surface area (Å²) in [4.78, 5) is 0. The molecule has 0 saturated carbocycles. The fourth-order valence-corrected chi connectivity index (χ4v) is 1.36. The van der Waals surface area contributed by atoms with Gasteiger partial charge in [-0.2, -0.15) is 0 Å². The van der Waals surface area contributed by atoms with Gasteiger partial charge >= 0.3 is 0 Å². The molecule has 0 saturated heterocycles. The van der Waals surface area contributed by atoms with E-state index in [0.29, 0.717) is 11.4 Å². The summed E-state index contributed by atoms with van der Waals surface area (Å²) >= 11 is 0. The van der Waals surface area contributed by atoms with E-state index in [-0.39, 0.29) is 0 Å². The lowest BCUT2D eigenvalue weighted by molar-refractivity contribution is 0.848.